The molecule has 0 saturated carbocycles. The number of urea groups is 1. The third-order valence-electron chi connectivity index (χ3n) is 4.40. The highest BCUT2D eigenvalue weighted by molar-refractivity contribution is 9.10. The lowest BCUT2D eigenvalue weighted by atomic mass is 10.1. The fourth-order valence-electron chi connectivity index (χ4n) is 3.01. The molecule has 0 radical (unpaired) electrons. The first-order valence-electron chi connectivity index (χ1n) is 9.58. The summed E-state index contributed by atoms with van der Waals surface area (Å²) in [4.78, 5) is 46.2. The highest BCUT2D eigenvalue weighted by Gasteiger charge is 2.35. The Labute approximate surface area is 195 Å². The summed E-state index contributed by atoms with van der Waals surface area (Å²) < 4.78 is 12.0. The van der Waals surface area contributed by atoms with Crippen LogP contribution in [-0.2, 0) is 16.2 Å². The van der Waals surface area contributed by atoms with Crippen LogP contribution >= 0.6 is 15.9 Å². The SMILES string of the molecule is CCOc1cc(/C=C2/NC(=O)N(CC(=O)O)C2=O)cc(Br)c1OCc1cccc([N+](=O)[O-])c1. The normalized spacial score (nSPS) is 14.4. The molecule has 0 unspecified atom stereocenters. The summed E-state index contributed by atoms with van der Waals surface area (Å²) in [6.07, 6.45) is 1.39. The van der Waals surface area contributed by atoms with Crippen molar-refractivity contribution in [3.05, 3.63) is 67.8 Å². The van der Waals surface area contributed by atoms with Crippen LogP contribution in [0.4, 0.5) is 10.5 Å². The summed E-state index contributed by atoms with van der Waals surface area (Å²) >= 11 is 3.40. The molecular formula is C21H18BrN3O8. The van der Waals surface area contributed by atoms with Crippen LogP contribution in [0.1, 0.15) is 18.1 Å². The molecular weight excluding hydrogens is 502 g/mol. The quantitative estimate of drug-likeness (QED) is 0.222. The Bertz CT molecular complexity index is 1160. The Kier molecular flexibility index (Phi) is 7.28. The van der Waals surface area contributed by atoms with Crippen molar-refractivity contribution in [1.82, 2.24) is 10.2 Å². The average Bonchev–Trinajstić information content (AvgIpc) is 3.00. The van der Waals surface area contributed by atoms with Crippen molar-refractivity contribution in [2.75, 3.05) is 13.2 Å². The number of nitro benzene ring substituents is 1. The molecule has 0 atom stereocenters. The summed E-state index contributed by atoms with van der Waals surface area (Å²) in [5.41, 5.74) is 0.930. The second-order valence-electron chi connectivity index (χ2n) is 6.75. The van der Waals surface area contributed by atoms with Gasteiger partial charge in [-0.1, -0.05) is 12.1 Å². The molecule has 1 heterocycles. The van der Waals surface area contributed by atoms with E-state index in [2.05, 4.69) is 21.2 Å². The lowest BCUT2D eigenvalue weighted by molar-refractivity contribution is -0.384. The number of nitrogens with zero attached hydrogens (tertiary/aromatic N) is 2. The van der Waals surface area contributed by atoms with Gasteiger partial charge in [0.15, 0.2) is 11.5 Å². The number of carboxylic acids is 1. The molecule has 172 valence electrons. The van der Waals surface area contributed by atoms with Gasteiger partial charge in [-0.2, -0.15) is 0 Å². The summed E-state index contributed by atoms with van der Waals surface area (Å²) in [5, 5.41) is 22.2. The lowest BCUT2D eigenvalue weighted by Crippen LogP contribution is -2.35. The van der Waals surface area contributed by atoms with Gasteiger partial charge in [-0.15, -0.1) is 0 Å². The number of nitrogens with one attached hydrogen (secondary N) is 1. The van der Waals surface area contributed by atoms with Gasteiger partial charge in [0, 0.05) is 12.1 Å². The summed E-state index contributed by atoms with van der Waals surface area (Å²) in [6.45, 7) is 1.37. The molecule has 0 spiro atoms. The van der Waals surface area contributed by atoms with Crippen molar-refractivity contribution in [3.63, 3.8) is 0 Å². The number of non-ortho nitro benzene ring substituents is 1. The lowest BCUT2D eigenvalue weighted by Gasteiger charge is -2.15. The van der Waals surface area contributed by atoms with Gasteiger partial charge in [-0.05, 0) is 52.2 Å². The van der Waals surface area contributed by atoms with E-state index in [0.717, 1.165) is 0 Å². The zero-order valence-corrected chi connectivity index (χ0v) is 18.8. The molecule has 1 aliphatic rings. The molecule has 2 aromatic carbocycles. The monoisotopic (exact) mass is 519 g/mol. The Morgan fingerprint density at radius 2 is 2.03 bits per heavy atom. The van der Waals surface area contributed by atoms with Crippen molar-refractivity contribution in [2.45, 2.75) is 13.5 Å². The van der Waals surface area contributed by atoms with Crippen LogP contribution in [0.3, 0.4) is 0 Å². The molecule has 2 N–H and O–H groups in total. The highest BCUT2D eigenvalue weighted by atomic mass is 79.9. The molecule has 1 aliphatic heterocycles. The second kappa shape index (κ2) is 10.1. The molecule has 2 aromatic rings. The fraction of sp³-hybridized carbons (Fsp3) is 0.190. The molecule has 11 nitrogen and oxygen atoms in total. The van der Waals surface area contributed by atoms with Gasteiger partial charge >= 0.3 is 12.0 Å². The number of amides is 3. The number of rotatable bonds is 9. The molecule has 33 heavy (non-hydrogen) atoms. The van der Waals surface area contributed by atoms with E-state index < -0.39 is 29.4 Å². The Hall–Kier alpha value is -3.93. The first kappa shape index (κ1) is 23.7. The number of imide groups is 1. The Morgan fingerprint density at radius 3 is 2.70 bits per heavy atom. The minimum absolute atomic E-state index is 0.0412. The van der Waals surface area contributed by atoms with Crippen LogP contribution in [-0.4, -0.2) is 46.0 Å². The first-order chi connectivity index (χ1) is 15.7. The van der Waals surface area contributed by atoms with Crippen LogP contribution in [0.2, 0.25) is 0 Å². The zero-order chi connectivity index (χ0) is 24.1. The number of carbonyl (C=O) groups is 3. The number of carbonyl (C=O) groups excluding carboxylic acids is 2. The number of carboxylic acid groups (broad SMARTS) is 1. The maximum Gasteiger partial charge on any atom is 0.329 e. The summed E-state index contributed by atoms with van der Waals surface area (Å²) in [7, 11) is 0. The molecule has 12 heteroatoms. The topological polar surface area (TPSA) is 148 Å². The van der Waals surface area contributed by atoms with E-state index in [1.54, 1.807) is 31.2 Å². The van der Waals surface area contributed by atoms with Crippen molar-refractivity contribution in [3.8, 4) is 11.5 Å². The second-order valence-corrected chi connectivity index (χ2v) is 7.61. The molecule has 3 rings (SSSR count). The van der Waals surface area contributed by atoms with Gasteiger partial charge in [0.1, 0.15) is 18.8 Å². The van der Waals surface area contributed by atoms with Gasteiger partial charge in [0.05, 0.1) is 16.0 Å². The van der Waals surface area contributed by atoms with Crippen LogP contribution in [0, 0.1) is 10.1 Å². The summed E-state index contributed by atoms with van der Waals surface area (Å²) in [5.74, 6) is -1.39. The third kappa shape index (κ3) is 5.66. The van der Waals surface area contributed by atoms with E-state index in [9.17, 15) is 24.5 Å². The Balaban J connectivity index is 1.85. The maximum absolute atomic E-state index is 12.3. The predicted octanol–water partition coefficient (Wildman–Crippen LogP) is 3.31. The number of halogens is 1. The molecule has 0 bridgehead atoms. The van der Waals surface area contributed by atoms with Crippen molar-refractivity contribution >= 4 is 45.6 Å². The first-order valence-corrected chi connectivity index (χ1v) is 10.4. The van der Waals surface area contributed by atoms with Gasteiger partial charge < -0.3 is 19.9 Å². The average molecular weight is 520 g/mol. The van der Waals surface area contributed by atoms with Crippen molar-refractivity contribution < 1.29 is 33.9 Å². The van der Waals surface area contributed by atoms with Crippen molar-refractivity contribution in [2.24, 2.45) is 0 Å². The van der Waals surface area contributed by atoms with E-state index in [-0.39, 0.29) is 18.0 Å². The minimum Gasteiger partial charge on any atom is -0.490 e. The number of nitro groups is 1. The van der Waals surface area contributed by atoms with Crippen LogP contribution < -0.4 is 14.8 Å². The Morgan fingerprint density at radius 1 is 1.27 bits per heavy atom. The van der Waals surface area contributed by atoms with Gasteiger partial charge in [0.25, 0.3) is 11.6 Å². The largest absolute Gasteiger partial charge is 0.490 e. The van der Waals surface area contributed by atoms with Gasteiger partial charge in [-0.3, -0.25) is 19.7 Å². The van der Waals surface area contributed by atoms with Crippen LogP contribution in [0.15, 0.2) is 46.6 Å². The number of ether oxygens (including phenoxy) is 2. The van der Waals surface area contributed by atoms with E-state index in [1.165, 1.54) is 18.2 Å². The number of hydrogen-bond acceptors (Lipinski definition) is 7. The smallest absolute Gasteiger partial charge is 0.329 e. The number of hydrogen-bond donors (Lipinski definition) is 2. The molecule has 1 fully saturated rings. The molecule has 0 aromatic heterocycles. The predicted molar refractivity (Wildman–Crippen MR) is 119 cm³/mol. The zero-order valence-electron chi connectivity index (χ0n) is 17.2. The van der Waals surface area contributed by atoms with E-state index in [4.69, 9.17) is 14.6 Å². The number of aliphatic carboxylic acids is 1. The third-order valence-corrected chi connectivity index (χ3v) is 4.99. The van der Waals surface area contributed by atoms with Crippen LogP contribution in [0.25, 0.3) is 6.08 Å². The molecule has 3 amide bonds. The maximum atomic E-state index is 12.3. The van der Waals surface area contributed by atoms with E-state index in [1.807, 2.05) is 0 Å². The van der Waals surface area contributed by atoms with Gasteiger partial charge in [-0.25, -0.2) is 9.69 Å². The molecule has 1 saturated heterocycles. The van der Waals surface area contributed by atoms with Crippen LogP contribution in [0.5, 0.6) is 11.5 Å². The fourth-order valence-corrected chi connectivity index (χ4v) is 3.58. The van der Waals surface area contributed by atoms with Crippen molar-refractivity contribution in [1.29, 1.82) is 0 Å². The number of benzene rings is 2. The highest BCUT2D eigenvalue weighted by Crippen LogP contribution is 2.38. The molecule has 0 aliphatic carbocycles. The van der Waals surface area contributed by atoms with E-state index >= 15 is 0 Å². The van der Waals surface area contributed by atoms with E-state index in [0.29, 0.717) is 38.6 Å². The van der Waals surface area contributed by atoms with Gasteiger partial charge in [0.2, 0.25) is 0 Å². The minimum atomic E-state index is -1.31. The summed E-state index contributed by atoms with van der Waals surface area (Å²) in [6, 6.07) is 8.43. The standard InChI is InChI=1S/C21H18BrN3O8/c1-2-32-17-9-13(8-16-20(28)24(10-18(26)27)21(29)23-16)7-15(22)19(17)33-11-12-4-3-5-14(6-12)25(30)31/h3-9H,2,10-11H2,1H3,(H,23,29)(H,26,27)/b16-8+.